The van der Waals surface area contributed by atoms with Crippen LogP contribution in [0.25, 0.3) is 0 Å². The number of nitrogens with zero attached hydrogens (tertiary/aromatic N) is 1. The lowest BCUT2D eigenvalue weighted by Gasteiger charge is -2.15. The van der Waals surface area contributed by atoms with Gasteiger partial charge in [0.2, 0.25) is 0 Å². The molecule has 0 fully saturated rings. The summed E-state index contributed by atoms with van der Waals surface area (Å²) in [5.41, 5.74) is 2.21. The molecule has 6 nitrogen and oxygen atoms in total. The van der Waals surface area contributed by atoms with Gasteiger partial charge < -0.3 is 15.4 Å². The molecule has 0 aromatic heterocycles. The molecule has 1 aliphatic rings. The topological polar surface area (TPSA) is 79.8 Å². The van der Waals surface area contributed by atoms with Crippen molar-refractivity contribution < 1.29 is 13.2 Å². The van der Waals surface area contributed by atoms with Crippen LogP contribution in [0, 0.1) is 0 Å². The molecule has 1 atom stereocenters. The van der Waals surface area contributed by atoms with Crippen molar-refractivity contribution in [1.29, 1.82) is 0 Å². The van der Waals surface area contributed by atoms with E-state index in [1.54, 1.807) is 31.3 Å². The Hall–Kier alpha value is -1.81. The van der Waals surface area contributed by atoms with E-state index in [1.165, 1.54) is 11.8 Å². The summed E-state index contributed by atoms with van der Waals surface area (Å²) < 4.78 is 28.9. The molecule has 0 saturated carbocycles. The van der Waals surface area contributed by atoms with Crippen molar-refractivity contribution >= 4 is 39.8 Å². The normalized spacial score (nSPS) is 16.1. The van der Waals surface area contributed by atoms with Gasteiger partial charge in [0, 0.05) is 26.3 Å². The summed E-state index contributed by atoms with van der Waals surface area (Å²) in [4.78, 5) is 4.53. The van der Waals surface area contributed by atoms with Crippen LogP contribution >= 0.6 is 24.0 Å². The number of ether oxygens (including phenoxy) is 1. The van der Waals surface area contributed by atoms with Crippen LogP contribution in [-0.4, -0.2) is 40.3 Å². The molecule has 0 spiro atoms. The molecule has 2 aromatic carbocycles. The molecule has 0 radical (unpaired) electrons. The molecule has 3 rings (SSSR count). The highest BCUT2D eigenvalue weighted by Crippen LogP contribution is 2.27. The van der Waals surface area contributed by atoms with E-state index in [4.69, 9.17) is 4.74 Å². The fourth-order valence-corrected chi connectivity index (χ4v) is 3.47. The minimum absolute atomic E-state index is 0. The zero-order chi connectivity index (χ0) is 18.6. The molecule has 0 amide bonds. The molecule has 1 unspecified atom stereocenters. The Morgan fingerprint density at radius 3 is 2.48 bits per heavy atom. The van der Waals surface area contributed by atoms with Gasteiger partial charge in [-0.05, 0) is 29.3 Å². The molecule has 2 N–H and O–H groups in total. The number of sulfone groups is 1. The van der Waals surface area contributed by atoms with Gasteiger partial charge in [-0.25, -0.2) is 8.42 Å². The number of hydrogen-bond acceptors (Lipinski definition) is 4. The van der Waals surface area contributed by atoms with E-state index in [9.17, 15) is 8.42 Å². The second-order valence-electron chi connectivity index (χ2n) is 6.27. The van der Waals surface area contributed by atoms with Crippen LogP contribution < -0.4 is 15.4 Å². The first kappa shape index (κ1) is 21.5. The van der Waals surface area contributed by atoms with Crippen molar-refractivity contribution in [2.45, 2.75) is 24.0 Å². The lowest BCUT2D eigenvalue weighted by atomic mass is 10.1. The minimum Gasteiger partial charge on any atom is -0.488 e. The van der Waals surface area contributed by atoms with E-state index in [-0.39, 0.29) is 30.1 Å². The molecule has 8 heteroatoms. The average Bonchev–Trinajstić information content (AvgIpc) is 3.04. The number of hydrogen-bond donors (Lipinski definition) is 2. The molecule has 0 saturated heterocycles. The Morgan fingerprint density at radius 2 is 1.85 bits per heavy atom. The monoisotopic (exact) mass is 501 g/mol. The maximum absolute atomic E-state index is 11.5. The summed E-state index contributed by atoms with van der Waals surface area (Å²) in [5.74, 6) is 1.63. The van der Waals surface area contributed by atoms with Crippen LogP contribution in [0.5, 0.6) is 5.75 Å². The van der Waals surface area contributed by atoms with Crippen molar-refractivity contribution in [1.82, 2.24) is 10.6 Å². The first-order valence-electron chi connectivity index (χ1n) is 8.44. The standard InChI is InChI=1S/C19H23N3O3S.HI/c1-20-19(21-12-14-7-9-17(10-8-14)26(2,23)24)22-13-16-11-15-5-3-4-6-18(15)25-16;/h3-10,16H,11-13H2,1-2H3,(H2,20,21,22);1H. The number of nitrogens with one attached hydrogen (secondary N) is 2. The number of rotatable bonds is 5. The lowest BCUT2D eigenvalue weighted by Crippen LogP contribution is -2.41. The highest BCUT2D eigenvalue weighted by molar-refractivity contribution is 14.0. The number of guanidine groups is 1. The van der Waals surface area contributed by atoms with Gasteiger partial charge in [0.05, 0.1) is 11.4 Å². The van der Waals surface area contributed by atoms with Crippen LogP contribution in [0.15, 0.2) is 58.4 Å². The van der Waals surface area contributed by atoms with E-state index < -0.39 is 9.84 Å². The van der Waals surface area contributed by atoms with Crippen LogP contribution in [0.2, 0.25) is 0 Å². The average molecular weight is 501 g/mol. The molecular weight excluding hydrogens is 477 g/mol. The Morgan fingerprint density at radius 1 is 1.15 bits per heavy atom. The summed E-state index contributed by atoms with van der Waals surface area (Å²) in [7, 11) is -1.45. The quantitative estimate of drug-likeness (QED) is 0.374. The first-order valence-corrected chi connectivity index (χ1v) is 10.3. The van der Waals surface area contributed by atoms with E-state index in [0.29, 0.717) is 23.9 Å². The molecule has 0 bridgehead atoms. The molecule has 2 aromatic rings. The molecule has 0 aliphatic carbocycles. The maximum atomic E-state index is 11.5. The van der Waals surface area contributed by atoms with E-state index >= 15 is 0 Å². The number of halogens is 1. The van der Waals surface area contributed by atoms with Crippen molar-refractivity contribution in [3.05, 3.63) is 59.7 Å². The van der Waals surface area contributed by atoms with Crippen LogP contribution in [-0.2, 0) is 22.8 Å². The number of benzene rings is 2. The summed E-state index contributed by atoms with van der Waals surface area (Å²) in [6, 6.07) is 14.9. The Balaban J connectivity index is 0.00000261. The molecule has 27 heavy (non-hydrogen) atoms. The molecule has 1 heterocycles. The van der Waals surface area contributed by atoms with E-state index in [1.807, 2.05) is 18.2 Å². The third-order valence-electron chi connectivity index (χ3n) is 4.25. The number of fused-ring (bicyclic) bond motifs is 1. The van der Waals surface area contributed by atoms with Crippen LogP contribution in [0.1, 0.15) is 11.1 Å². The zero-order valence-electron chi connectivity index (χ0n) is 15.3. The second kappa shape index (κ2) is 9.41. The van der Waals surface area contributed by atoms with Crippen molar-refractivity contribution in [2.24, 2.45) is 4.99 Å². The predicted octanol–water partition coefficient (Wildman–Crippen LogP) is 2.38. The fraction of sp³-hybridized carbons (Fsp3) is 0.316. The van der Waals surface area contributed by atoms with Crippen molar-refractivity contribution in [3.8, 4) is 5.75 Å². The van der Waals surface area contributed by atoms with Gasteiger partial charge in [-0.3, -0.25) is 4.99 Å². The summed E-state index contributed by atoms with van der Waals surface area (Å²) >= 11 is 0. The van der Waals surface area contributed by atoms with Gasteiger partial charge in [-0.1, -0.05) is 30.3 Å². The van der Waals surface area contributed by atoms with Gasteiger partial charge >= 0.3 is 0 Å². The van der Waals surface area contributed by atoms with Gasteiger partial charge in [0.15, 0.2) is 15.8 Å². The highest BCUT2D eigenvalue weighted by Gasteiger charge is 2.22. The summed E-state index contributed by atoms with van der Waals surface area (Å²) in [6.45, 7) is 1.21. The largest absolute Gasteiger partial charge is 0.488 e. The van der Waals surface area contributed by atoms with Gasteiger partial charge in [0.1, 0.15) is 11.9 Å². The fourth-order valence-electron chi connectivity index (χ4n) is 2.84. The van der Waals surface area contributed by atoms with E-state index in [2.05, 4.69) is 21.7 Å². The first-order chi connectivity index (χ1) is 12.5. The SMILES string of the molecule is CN=C(NCc1ccc(S(C)(=O)=O)cc1)NCC1Cc2ccccc2O1.I. The van der Waals surface area contributed by atoms with Crippen molar-refractivity contribution in [3.63, 3.8) is 0 Å². The van der Waals surface area contributed by atoms with Crippen molar-refractivity contribution in [2.75, 3.05) is 19.8 Å². The summed E-state index contributed by atoms with van der Waals surface area (Å²) in [6.07, 6.45) is 2.17. The summed E-state index contributed by atoms with van der Waals surface area (Å²) in [5, 5.41) is 6.49. The Kier molecular flexibility index (Phi) is 7.49. The smallest absolute Gasteiger partial charge is 0.191 e. The molecular formula is C19H24IN3O3S. The number of aliphatic imine (C=N–C) groups is 1. The van der Waals surface area contributed by atoms with Crippen LogP contribution in [0.3, 0.4) is 0 Å². The minimum atomic E-state index is -3.17. The maximum Gasteiger partial charge on any atom is 0.191 e. The Labute approximate surface area is 177 Å². The molecule has 1 aliphatic heterocycles. The third-order valence-corrected chi connectivity index (χ3v) is 5.37. The number of para-hydroxylation sites is 1. The third kappa shape index (κ3) is 5.83. The van der Waals surface area contributed by atoms with Gasteiger partial charge in [-0.15, -0.1) is 24.0 Å². The Bertz CT molecular complexity index is 874. The van der Waals surface area contributed by atoms with Gasteiger partial charge in [-0.2, -0.15) is 0 Å². The van der Waals surface area contributed by atoms with E-state index in [0.717, 1.165) is 17.7 Å². The second-order valence-corrected chi connectivity index (χ2v) is 8.29. The predicted molar refractivity (Wildman–Crippen MR) is 118 cm³/mol. The zero-order valence-corrected chi connectivity index (χ0v) is 18.5. The van der Waals surface area contributed by atoms with Crippen LogP contribution in [0.4, 0.5) is 0 Å². The highest BCUT2D eigenvalue weighted by atomic mass is 127. The lowest BCUT2D eigenvalue weighted by molar-refractivity contribution is 0.235. The molecule has 146 valence electrons. The van der Waals surface area contributed by atoms with Gasteiger partial charge in [0.25, 0.3) is 0 Å².